The summed E-state index contributed by atoms with van der Waals surface area (Å²) in [6, 6.07) is 0. The highest BCUT2D eigenvalue weighted by Gasteiger charge is 2.53. The first kappa shape index (κ1) is 27.9. The van der Waals surface area contributed by atoms with E-state index in [0.29, 0.717) is 0 Å². The first-order valence-electron chi connectivity index (χ1n) is 10.6. The molecule has 3 rings (SSSR count). The van der Waals surface area contributed by atoms with E-state index in [4.69, 9.17) is 23.7 Å². The molecule has 3 aliphatic rings. The van der Waals surface area contributed by atoms with Crippen LogP contribution in [0, 0.1) is 0 Å². The molecule has 0 bridgehead atoms. The van der Waals surface area contributed by atoms with Crippen LogP contribution in [-0.2, 0) is 23.7 Å². The van der Waals surface area contributed by atoms with Gasteiger partial charge in [0, 0.05) is 0 Å². The zero-order valence-electron chi connectivity index (χ0n) is 17.7. The van der Waals surface area contributed by atoms with Crippen LogP contribution in [0.5, 0.6) is 0 Å². The zero-order valence-corrected chi connectivity index (χ0v) is 17.7. The van der Waals surface area contributed by atoms with E-state index < -0.39 is 112 Å². The number of rotatable bonds is 7. The van der Waals surface area contributed by atoms with E-state index >= 15 is 0 Å². The Balaban J connectivity index is 1.78. The van der Waals surface area contributed by atoms with Gasteiger partial charge in [-0.25, -0.2) is 0 Å². The predicted octanol–water partition coefficient (Wildman–Crippen LogP) is -7.57. The highest BCUT2D eigenvalue weighted by molar-refractivity contribution is 4.96. The fourth-order valence-electron chi connectivity index (χ4n) is 4.05. The van der Waals surface area contributed by atoms with Crippen LogP contribution < -0.4 is 0 Å². The van der Waals surface area contributed by atoms with Crippen molar-refractivity contribution in [2.45, 2.75) is 92.1 Å². The molecular weight excluding hydrogens is 472 g/mol. The predicted molar refractivity (Wildman–Crippen MR) is 101 cm³/mol. The molecule has 11 N–H and O–H groups in total. The monoisotopic (exact) mass is 504 g/mol. The van der Waals surface area contributed by atoms with Gasteiger partial charge in [0.1, 0.15) is 73.2 Å². The average Bonchev–Trinajstić information content (AvgIpc) is 2.83. The molecule has 3 saturated heterocycles. The van der Waals surface area contributed by atoms with Crippen molar-refractivity contribution in [2.24, 2.45) is 0 Å². The van der Waals surface area contributed by atoms with Crippen LogP contribution in [0.25, 0.3) is 0 Å². The van der Waals surface area contributed by atoms with Crippen molar-refractivity contribution in [3.8, 4) is 0 Å². The van der Waals surface area contributed by atoms with Gasteiger partial charge in [-0.2, -0.15) is 0 Å². The lowest BCUT2D eigenvalue weighted by molar-refractivity contribution is -0.378. The minimum atomic E-state index is -1.90. The molecule has 0 aromatic heterocycles. The number of hydrogen-bond donors (Lipinski definition) is 11. The Labute approximate surface area is 192 Å². The maximum atomic E-state index is 10.8. The maximum Gasteiger partial charge on any atom is 0.187 e. The van der Waals surface area contributed by atoms with Gasteiger partial charge in [0.2, 0.25) is 0 Å². The molecule has 0 aromatic rings. The van der Waals surface area contributed by atoms with Crippen molar-refractivity contribution < 1.29 is 79.9 Å². The molecular formula is C18H32O16. The fourth-order valence-corrected chi connectivity index (χ4v) is 4.05. The van der Waals surface area contributed by atoms with Gasteiger partial charge < -0.3 is 79.9 Å². The molecule has 0 spiro atoms. The largest absolute Gasteiger partial charge is 0.394 e. The molecule has 3 heterocycles. The van der Waals surface area contributed by atoms with Crippen LogP contribution in [0.3, 0.4) is 0 Å². The molecule has 16 nitrogen and oxygen atoms in total. The lowest BCUT2D eigenvalue weighted by atomic mass is 9.96. The summed E-state index contributed by atoms with van der Waals surface area (Å²) in [5, 5.41) is 109. The molecule has 16 heteroatoms. The summed E-state index contributed by atoms with van der Waals surface area (Å²) in [6.07, 6.45) is -25.4. The van der Waals surface area contributed by atoms with Crippen molar-refractivity contribution in [2.75, 3.05) is 19.8 Å². The Morgan fingerprint density at radius 3 is 1.50 bits per heavy atom. The number of hydrogen-bond acceptors (Lipinski definition) is 16. The van der Waals surface area contributed by atoms with Crippen molar-refractivity contribution in [1.82, 2.24) is 0 Å². The Hall–Kier alpha value is -0.640. The van der Waals surface area contributed by atoms with Gasteiger partial charge in [0.05, 0.1) is 19.8 Å². The second-order valence-corrected chi connectivity index (χ2v) is 8.33. The summed E-state index contributed by atoms with van der Waals surface area (Å²) >= 11 is 0. The standard InChI is InChI=1S/C18H32O16/c19-1-4-7(22)9(24)12(27)17(31-4)34-15-8(23)5(2-20)32-18(13(15)28)33-14-6(3-21)30-16(29)11(26)10(14)25/h4-29H,1-3H2/t4-,5-,6-,7-,8-,9+,10-,11-,12-,13-,14+,15+,16?,17+,18+/m1/s1. The number of ether oxygens (including phenoxy) is 5. The van der Waals surface area contributed by atoms with Crippen molar-refractivity contribution in [1.29, 1.82) is 0 Å². The van der Waals surface area contributed by atoms with Crippen LogP contribution in [0.4, 0.5) is 0 Å². The molecule has 200 valence electrons. The van der Waals surface area contributed by atoms with Gasteiger partial charge in [-0.05, 0) is 0 Å². The van der Waals surface area contributed by atoms with Crippen LogP contribution in [0.1, 0.15) is 0 Å². The first-order valence-corrected chi connectivity index (χ1v) is 10.6. The second kappa shape index (κ2) is 11.6. The van der Waals surface area contributed by atoms with E-state index in [9.17, 15) is 56.2 Å². The van der Waals surface area contributed by atoms with Crippen molar-refractivity contribution in [3.63, 3.8) is 0 Å². The molecule has 1 unspecified atom stereocenters. The third-order valence-corrected chi connectivity index (χ3v) is 6.09. The molecule has 0 aromatic carbocycles. The Morgan fingerprint density at radius 2 is 0.941 bits per heavy atom. The lowest BCUT2D eigenvalue weighted by Gasteiger charge is -2.47. The van der Waals surface area contributed by atoms with E-state index in [1.165, 1.54) is 0 Å². The quantitative estimate of drug-likeness (QED) is 0.154. The normalized spacial score (nSPS) is 52.5. The van der Waals surface area contributed by atoms with Gasteiger partial charge in [-0.15, -0.1) is 0 Å². The third kappa shape index (κ3) is 5.37. The highest BCUT2D eigenvalue weighted by Crippen LogP contribution is 2.32. The second-order valence-electron chi connectivity index (χ2n) is 8.33. The van der Waals surface area contributed by atoms with Crippen molar-refractivity contribution in [3.05, 3.63) is 0 Å². The Kier molecular flexibility index (Phi) is 9.54. The summed E-state index contributed by atoms with van der Waals surface area (Å²) in [4.78, 5) is 0. The molecule has 3 aliphatic heterocycles. The molecule has 0 saturated carbocycles. The van der Waals surface area contributed by atoms with Crippen LogP contribution >= 0.6 is 0 Å². The Bertz CT molecular complexity index is 637. The van der Waals surface area contributed by atoms with Gasteiger partial charge in [0.15, 0.2) is 18.9 Å². The maximum absolute atomic E-state index is 10.8. The van der Waals surface area contributed by atoms with Gasteiger partial charge in [0.25, 0.3) is 0 Å². The van der Waals surface area contributed by atoms with Gasteiger partial charge in [-0.3, -0.25) is 0 Å². The average molecular weight is 504 g/mol. The third-order valence-electron chi connectivity index (χ3n) is 6.09. The zero-order chi connectivity index (χ0) is 25.3. The summed E-state index contributed by atoms with van der Waals surface area (Å²) < 4.78 is 26.4. The smallest absolute Gasteiger partial charge is 0.187 e. The van der Waals surface area contributed by atoms with E-state index in [0.717, 1.165) is 0 Å². The van der Waals surface area contributed by atoms with E-state index in [1.807, 2.05) is 0 Å². The van der Waals surface area contributed by atoms with Crippen LogP contribution in [0.15, 0.2) is 0 Å². The first-order chi connectivity index (χ1) is 16.0. The summed E-state index contributed by atoms with van der Waals surface area (Å²) in [6.45, 7) is -2.34. The summed E-state index contributed by atoms with van der Waals surface area (Å²) in [5.41, 5.74) is 0. The summed E-state index contributed by atoms with van der Waals surface area (Å²) in [5.74, 6) is 0. The van der Waals surface area contributed by atoms with E-state index in [-0.39, 0.29) is 0 Å². The molecule has 0 radical (unpaired) electrons. The minimum Gasteiger partial charge on any atom is -0.394 e. The minimum absolute atomic E-state index is 0.759. The van der Waals surface area contributed by atoms with E-state index in [1.54, 1.807) is 0 Å². The van der Waals surface area contributed by atoms with Gasteiger partial charge in [-0.1, -0.05) is 0 Å². The lowest BCUT2D eigenvalue weighted by Crippen LogP contribution is -2.66. The van der Waals surface area contributed by atoms with Crippen LogP contribution in [-0.4, -0.2) is 168 Å². The molecule has 0 amide bonds. The van der Waals surface area contributed by atoms with E-state index in [2.05, 4.69) is 0 Å². The number of aliphatic hydroxyl groups is 11. The van der Waals surface area contributed by atoms with Gasteiger partial charge >= 0.3 is 0 Å². The summed E-state index contributed by atoms with van der Waals surface area (Å²) in [7, 11) is 0. The Morgan fingerprint density at radius 1 is 0.441 bits per heavy atom. The molecule has 0 aliphatic carbocycles. The molecule has 15 atom stereocenters. The fraction of sp³-hybridized carbons (Fsp3) is 1.00. The SMILES string of the molecule is OC[C@H]1O[C@@H](O[C@@H]2[C@@H](O)[C@H](O[C@@H]3[C@H](O)[C@@H](O)C(O)O[C@@H]3CO)O[C@H](CO)[C@H]2O)[C@H](O)[C@@H](O)[C@@H]1O. The number of aliphatic hydroxyl groups excluding tert-OH is 11. The van der Waals surface area contributed by atoms with Crippen LogP contribution in [0.2, 0.25) is 0 Å². The molecule has 34 heavy (non-hydrogen) atoms. The van der Waals surface area contributed by atoms with Crippen molar-refractivity contribution >= 4 is 0 Å². The highest BCUT2D eigenvalue weighted by atomic mass is 16.7. The topological polar surface area (TPSA) is 269 Å². The molecule has 3 fully saturated rings.